The van der Waals surface area contributed by atoms with E-state index in [1.54, 1.807) is 17.0 Å². The molecule has 0 aliphatic carbocycles. The van der Waals surface area contributed by atoms with Crippen molar-refractivity contribution < 1.29 is 14.4 Å². The van der Waals surface area contributed by atoms with E-state index in [1.165, 1.54) is 0 Å². The molecular weight excluding hydrogens is 294 g/mol. The van der Waals surface area contributed by atoms with E-state index < -0.39 is 6.04 Å². The Kier molecular flexibility index (Phi) is 4.07. The Bertz CT molecular complexity index is 669. The summed E-state index contributed by atoms with van der Waals surface area (Å²) >= 11 is 0. The topological polar surface area (TPSA) is 78.5 Å². The zero-order valence-corrected chi connectivity index (χ0v) is 13.4. The molecule has 1 fully saturated rings. The standard InChI is InChI=1S/C17H21N3O3/c1-10(2)17(23)20-7-3-4-14(20)16(22)19-12-6-5-11-9-18-15(21)13(11)8-12/h5-6,8,10,14H,3-4,7,9H2,1-2H3,(H,18,21)(H,19,22). The fourth-order valence-corrected chi connectivity index (χ4v) is 3.15. The van der Waals surface area contributed by atoms with Crippen LogP contribution in [-0.2, 0) is 16.1 Å². The van der Waals surface area contributed by atoms with E-state index in [0.717, 1.165) is 12.0 Å². The van der Waals surface area contributed by atoms with Gasteiger partial charge in [-0.05, 0) is 30.5 Å². The van der Waals surface area contributed by atoms with Crippen molar-refractivity contribution in [2.75, 3.05) is 11.9 Å². The number of likely N-dealkylation sites (tertiary alicyclic amines) is 1. The van der Waals surface area contributed by atoms with Crippen molar-refractivity contribution in [1.29, 1.82) is 0 Å². The first-order valence-corrected chi connectivity index (χ1v) is 8.00. The van der Waals surface area contributed by atoms with Gasteiger partial charge in [0.05, 0.1) is 0 Å². The summed E-state index contributed by atoms with van der Waals surface area (Å²) in [6, 6.07) is 4.90. The predicted molar refractivity (Wildman–Crippen MR) is 85.8 cm³/mol. The summed E-state index contributed by atoms with van der Waals surface area (Å²) in [5, 5.41) is 5.60. The summed E-state index contributed by atoms with van der Waals surface area (Å²) in [5.74, 6) is -0.411. The Balaban J connectivity index is 1.73. The number of amides is 3. The molecule has 1 saturated heterocycles. The SMILES string of the molecule is CC(C)C(=O)N1CCCC1C(=O)Nc1ccc2c(c1)C(=O)NC2. The highest BCUT2D eigenvalue weighted by atomic mass is 16.2. The van der Waals surface area contributed by atoms with Gasteiger partial charge in [-0.15, -0.1) is 0 Å². The minimum atomic E-state index is -0.424. The minimum absolute atomic E-state index is 0.0102. The van der Waals surface area contributed by atoms with Crippen molar-refractivity contribution >= 4 is 23.4 Å². The average Bonchev–Trinajstić information content (AvgIpc) is 3.14. The lowest BCUT2D eigenvalue weighted by molar-refractivity contribution is -0.139. The Labute approximate surface area is 135 Å². The van der Waals surface area contributed by atoms with Gasteiger partial charge in [-0.3, -0.25) is 14.4 Å². The first kappa shape index (κ1) is 15.5. The van der Waals surface area contributed by atoms with E-state index >= 15 is 0 Å². The molecule has 6 heteroatoms. The molecule has 2 aliphatic heterocycles. The van der Waals surface area contributed by atoms with Gasteiger partial charge in [0.25, 0.3) is 5.91 Å². The van der Waals surface area contributed by atoms with Crippen LogP contribution in [0.25, 0.3) is 0 Å². The number of nitrogens with one attached hydrogen (secondary N) is 2. The molecule has 0 saturated carbocycles. The van der Waals surface area contributed by atoms with Crippen LogP contribution in [-0.4, -0.2) is 35.2 Å². The van der Waals surface area contributed by atoms with Crippen molar-refractivity contribution in [3.63, 3.8) is 0 Å². The smallest absolute Gasteiger partial charge is 0.251 e. The highest BCUT2D eigenvalue weighted by molar-refractivity contribution is 6.02. The molecule has 1 aromatic carbocycles. The Morgan fingerprint density at radius 2 is 2.13 bits per heavy atom. The lowest BCUT2D eigenvalue weighted by Crippen LogP contribution is -2.44. The molecule has 3 rings (SSSR count). The largest absolute Gasteiger partial charge is 0.348 e. The molecule has 2 heterocycles. The minimum Gasteiger partial charge on any atom is -0.348 e. The number of benzene rings is 1. The zero-order valence-electron chi connectivity index (χ0n) is 13.4. The number of nitrogens with zero attached hydrogens (tertiary/aromatic N) is 1. The number of carbonyl (C=O) groups excluding carboxylic acids is 3. The monoisotopic (exact) mass is 315 g/mol. The van der Waals surface area contributed by atoms with E-state index in [9.17, 15) is 14.4 Å². The second kappa shape index (κ2) is 6.02. The number of rotatable bonds is 3. The van der Waals surface area contributed by atoms with Crippen molar-refractivity contribution in [2.24, 2.45) is 5.92 Å². The summed E-state index contributed by atoms with van der Waals surface area (Å²) in [6.45, 7) is 4.84. The van der Waals surface area contributed by atoms with Gasteiger partial charge >= 0.3 is 0 Å². The van der Waals surface area contributed by atoms with Gasteiger partial charge in [0.1, 0.15) is 6.04 Å². The predicted octanol–water partition coefficient (Wildman–Crippen LogP) is 1.52. The fourth-order valence-electron chi connectivity index (χ4n) is 3.15. The van der Waals surface area contributed by atoms with Crippen LogP contribution in [0.2, 0.25) is 0 Å². The molecule has 23 heavy (non-hydrogen) atoms. The molecule has 0 aromatic heterocycles. The third-order valence-electron chi connectivity index (χ3n) is 4.39. The average molecular weight is 315 g/mol. The van der Waals surface area contributed by atoms with E-state index in [0.29, 0.717) is 30.8 Å². The van der Waals surface area contributed by atoms with Crippen molar-refractivity contribution in [3.8, 4) is 0 Å². The third kappa shape index (κ3) is 2.93. The normalized spacial score (nSPS) is 19.7. The highest BCUT2D eigenvalue weighted by Gasteiger charge is 2.35. The van der Waals surface area contributed by atoms with Gasteiger partial charge in [-0.2, -0.15) is 0 Å². The van der Waals surface area contributed by atoms with Crippen molar-refractivity contribution in [3.05, 3.63) is 29.3 Å². The van der Waals surface area contributed by atoms with Gasteiger partial charge in [0.2, 0.25) is 11.8 Å². The molecular formula is C17H21N3O3. The molecule has 2 aliphatic rings. The number of carbonyl (C=O) groups is 3. The van der Waals surface area contributed by atoms with Crippen LogP contribution in [0, 0.1) is 5.92 Å². The van der Waals surface area contributed by atoms with E-state index in [1.807, 2.05) is 19.9 Å². The summed E-state index contributed by atoms with van der Waals surface area (Å²) in [4.78, 5) is 38.1. The van der Waals surface area contributed by atoms with Crippen LogP contribution < -0.4 is 10.6 Å². The van der Waals surface area contributed by atoms with Gasteiger partial charge in [-0.1, -0.05) is 19.9 Å². The first-order chi connectivity index (χ1) is 11.0. The number of fused-ring (bicyclic) bond motifs is 1. The Morgan fingerprint density at radius 3 is 2.87 bits per heavy atom. The van der Waals surface area contributed by atoms with Crippen LogP contribution in [0.15, 0.2) is 18.2 Å². The second-order valence-corrected chi connectivity index (χ2v) is 6.39. The van der Waals surface area contributed by atoms with E-state index in [4.69, 9.17) is 0 Å². The lowest BCUT2D eigenvalue weighted by Gasteiger charge is -2.25. The summed E-state index contributed by atoms with van der Waals surface area (Å²) in [6.07, 6.45) is 1.51. The molecule has 0 spiro atoms. The van der Waals surface area contributed by atoms with Gasteiger partial charge in [0.15, 0.2) is 0 Å². The molecule has 122 valence electrons. The fraction of sp³-hybridized carbons (Fsp3) is 0.471. The van der Waals surface area contributed by atoms with Gasteiger partial charge < -0.3 is 15.5 Å². The first-order valence-electron chi connectivity index (χ1n) is 8.00. The van der Waals surface area contributed by atoms with Gasteiger partial charge in [-0.25, -0.2) is 0 Å². The number of hydrogen-bond donors (Lipinski definition) is 2. The molecule has 1 atom stereocenters. The summed E-state index contributed by atoms with van der Waals surface area (Å²) in [7, 11) is 0. The van der Waals surface area contributed by atoms with Crippen molar-refractivity contribution in [2.45, 2.75) is 39.3 Å². The molecule has 0 radical (unpaired) electrons. The zero-order chi connectivity index (χ0) is 16.6. The molecule has 6 nitrogen and oxygen atoms in total. The molecule has 3 amide bonds. The van der Waals surface area contributed by atoms with Crippen LogP contribution in [0.4, 0.5) is 5.69 Å². The van der Waals surface area contributed by atoms with Crippen LogP contribution in [0.1, 0.15) is 42.6 Å². The highest BCUT2D eigenvalue weighted by Crippen LogP contribution is 2.23. The van der Waals surface area contributed by atoms with Crippen LogP contribution in [0.3, 0.4) is 0 Å². The Hall–Kier alpha value is -2.37. The summed E-state index contributed by atoms with van der Waals surface area (Å²) in [5.41, 5.74) is 2.13. The van der Waals surface area contributed by atoms with E-state index in [2.05, 4.69) is 10.6 Å². The second-order valence-electron chi connectivity index (χ2n) is 6.39. The molecule has 1 aromatic rings. The summed E-state index contributed by atoms with van der Waals surface area (Å²) < 4.78 is 0. The number of anilines is 1. The maximum atomic E-state index is 12.5. The molecule has 2 N–H and O–H groups in total. The number of hydrogen-bond acceptors (Lipinski definition) is 3. The maximum absolute atomic E-state index is 12.5. The van der Waals surface area contributed by atoms with Crippen molar-refractivity contribution in [1.82, 2.24) is 10.2 Å². The quantitative estimate of drug-likeness (QED) is 0.887. The maximum Gasteiger partial charge on any atom is 0.251 e. The van der Waals surface area contributed by atoms with E-state index in [-0.39, 0.29) is 23.6 Å². The Morgan fingerprint density at radius 1 is 1.35 bits per heavy atom. The molecule has 0 bridgehead atoms. The van der Waals surface area contributed by atoms with Crippen LogP contribution >= 0.6 is 0 Å². The lowest BCUT2D eigenvalue weighted by atomic mass is 10.1. The van der Waals surface area contributed by atoms with Crippen LogP contribution in [0.5, 0.6) is 0 Å². The third-order valence-corrected chi connectivity index (χ3v) is 4.39. The molecule has 1 unspecified atom stereocenters. The van der Waals surface area contributed by atoms with Gasteiger partial charge in [0, 0.05) is 30.3 Å².